The Kier molecular flexibility index (Phi) is 4.79. The van der Waals surface area contributed by atoms with Gasteiger partial charge in [-0.25, -0.2) is 9.38 Å². The molecule has 0 saturated carbocycles. The van der Waals surface area contributed by atoms with Crippen LogP contribution in [0.2, 0.25) is 0 Å². The quantitative estimate of drug-likeness (QED) is 0.747. The Balaban J connectivity index is 1.36. The van der Waals surface area contributed by atoms with Crippen LogP contribution in [0.3, 0.4) is 0 Å². The van der Waals surface area contributed by atoms with E-state index in [1.165, 1.54) is 24.3 Å². The molecule has 2 amide bonds. The van der Waals surface area contributed by atoms with Gasteiger partial charge in [-0.2, -0.15) is 0 Å². The van der Waals surface area contributed by atoms with Crippen molar-refractivity contribution in [3.63, 3.8) is 0 Å². The lowest BCUT2D eigenvalue weighted by Gasteiger charge is -2.19. The van der Waals surface area contributed by atoms with Crippen molar-refractivity contribution in [2.75, 3.05) is 23.8 Å². The van der Waals surface area contributed by atoms with Gasteiger partial charge in [-0.15, -0.1) is 0 Å². The van der Waals surface area contributed by atoms with Crippen LogP contribution in [0.5, 0.6) is 11.5 Å². The molecular weight excluding hydrogens is 367 g/mol. The van der Waals surface area contributed by atoms with Crippen molar-refractivity contribution in [2.45, 2.75) is 12.5 Å². The Bertz CT molecular complexity index is 945. The molecule has 8 nitrogen and oxygen atoms in total. The van der Waals surface area contributed by atoms with Crippen LogP contribution in [0, 0.1) is 5.82 Å². The molecule has 0 saturated heterocycles. The number of hydrogen-bond acceptors (Lipinski definition) is 6. The van der Waals surface area contributed by atoms with E-state index in [4.69, 9.17) is 9.47 Å². The van der Waals surface area contributed by atoms with Crippen molar-refractivity contribution in [1.82, 2.24) is 5.32 Å². The molecule has 2 aromatic carbocycles. The number of carbonyl (C=O) groups is 2. The number of hydrogen-bond donors (Lipinski definition) is 3. The van der Waals surface area contributed by atoms with Gasteiger partial charge in [0, 0.05) is 17.4 Å². The molecular formula is C19H17FN4O4. The van der Waals surface area contributed by atoms with Crippen molar-refractivity contribution < 1.29 is 23.5 Å². The fourth-order valence-electron chi connectivity index (χ4n) is 2.83. The normalized spacial score (nSPS) is 17.5. The van der Waals surface area contributed by atoms with Crippen LogP contribution >= 0.6 is 0 Å². The molecule has 3 N–H and O–H groups in total. The molecule has 2 heterocycles. The molecule has 0 bridgehead atoms. The highest BCUT2D eigenvalue weighted by atomic mass is 19.1. The summed E-state index contributed by atoms with van der Waals surface area (Å²) in [5, 5.41) is 8.17. The largest absolute Gasteiger partial charge is 0.486 e. The number of rotatable bonds is 4. The number of anilines is 2. The summed E-state index contributed by atoms with van der Waals surface area (Å²) in [6.07, 6.45) is -0.116. The summed E-state index contributed by atoms with van der Waals surface area (Å²) in [6, 6.07) is 9.86. The average Bonchev–Trinajstić information content (AvgIpc) is 3.02. The van der Waals surface area contributed by atoms with Crippen molar-refractivity contribution in [3.8, 4) is 11.5 Å². The van der Waals surface area contributed by atoms with Crippen LogP contribution in [-0.2, 0) is 9.59 Å². The van der Waals surface area contributed by atoms with Crippen LogP contribution in [0.25, 0.3) is 0 Å². The molecule has 2 aliphatic rings. The van der Waals surface area contributed by atoms with Gasteiger partial charge >= 0.3 is 0 Å². The van der Waals surface area contributed by atoms with E-state index in [2.05, 4.69) is 20.9 Å². The number of nitrogens with one attached hydrogen (secondary N) is 3. The summed E-state index contributed by atoms with van der Waals surface area (Å²) >= 11 is 0. The van der Waals surface area contributed by atoms with E-state index in [1.54, 1.807) is 18.2 Å². The second kappa shape index (κ2) is 7.55. The first-order chi connectivity index (χ1) is 13.6. The summed E-state index contributed by atoms with van der Waals surface area (Å²) < 4.78 is 23.9. The first kappa shape index (κ1) is 17.8. The second-order valence-corrected chi connectivity index (χ2v) is 6.23. The third-order valence-electron chi connectivity index (χ3n) is 4.14. The summed E-state index contributed by atoms with van der Waals surface area (Å²) in [5.74, 6) is 0.294. The molecule has 9 heteroatoms. The number of amides is 2. The van der Waals surface area contributed by atoms with Gasteiger partial charge in [-0.3, -0.25) is 14.9 Å². The lowest BCUT2D eigenvalue weighted by Crippen LogP contribution is -2.33. The number of fused-ring (bicyclic) bond motifs is 1. The maximum Gasteiger partial charge on any atom is 0.252 e. The molecule has 0 radical (unpaired) electrons. The molecule has 0 spiro atoms. The van der Waals surface area contributed by atoms with Crippen molar-refractivity contribution in [3.05, 3.63) is 48.3 Å². The summed E-state index contributed by atoms with van der Waals surface area (Å²) in [5.41, 5.74) is 1.11. The molecule has 0 unspecified atom stereocenters. The second-order valence-electron chi connectivity index (χ2n) is 6.23. The third kappa shape index (κ3) is 4.03. The summed E-state index contributed by atoms with van der Waals surface area (Å²) in [4.78, 5) is 28.5. The van der Waals surface area contributed by atoms with Gasteiger partial charge in [0.15, 0.2) is 11.5 Å². The van der Waals surface area contributed by atoms with E-state index >= 15 is 0 Å². The average molecular weight is 384 g/mol. The van der Waals surface area contributed by atoms with Gasteiger partial charge in [0.25, 0.3) is 5.91 Å². The maximum absolute atomic E-state index is 13.0. The minimum absolute atomic E-state index is 0.116. The van der Waals surface area contributed by atoms with Crippen molar-refractivity contribution in [1.29, 1.82) is 0 Å². The lowest BCUT2D eigenvalue weighted by molar-refractivity contribution is -0.123. The molecule has 2 aromatic rings. The molecule has 2 aliphatic heterocycles. The van der Waals surface area contributed by atoms with Gasteiger partial charge < -0.3 is 20.1 Å². The SMILES string of the molecule is O=C(C[C@@H]1N=C(Nc2ccc(F)cc2)NC1=O)Nc1ccc2c(c1)OCCO2. The zero-order valence-electron chi connectivity index (χ0n) is 14.7. The van der Waals surface area contributed by atoms with Gasteiger partial charge in [0.05, 0.1) is 6.42 Å². The fraction of sp³-hybridized carbons (Fsp3) is 0.211. The van der Waals surface area contributed by atoms with Crippen LogP contribution in [-0.4, -0.2) is 37.0 Å². The Morgan fingerprint density at radius 1 is 1.11 bits per heavy atom. The van der Waals surface area contributed by atoms with Crippen molar-refractivity contribution >= 4 is 29.1 Å². The van der Waals surface area contributed by atoms with Gasteiger partial charge in [-0.1, -0.05) is 0 Å². The van der Waals surface area contributed by atoms with E-state index in [-0.39, 0.29) is 30.0 Å². The standard InChI is InChI=1S/C19H17FN4O4/c20-11-1-3-12(4-2-11)22-19-23-14(18(26)24-19)10-17(25)21-13-5-6-15-16(9-13)28-8-7-27-15/h1-6,9,14H,7-8,10H2,(H,21,25)(H2,22,23,24,26)/t14-/m0/s1. The Labute approximate surface area is 159 Å². The maximum atomic E-state index is 13.0. The molecule has 1 atom stereocenters. The smallest absolute Gasteiger partial charge is 0.252 e. The van der Waals surface area contributed by atoms with E-state index in [0.29, 0.717) is 36.1 Å². The Morgan fingerprint density at radius 3 is 2.61 bits per heavy atom. The molecule has 28 heavy (non-hydrogen) atoms. The lowest BCUT2D eigenvalue weighted by atomic mass is 10.2. The number of benzene rings is 2. The number of guanidine groups is 1. The fourth-order valence-corrected chi connectivity index (χ4v) is 2.83. The zero-order chi connectivity index (χ0) is 19.5. The highest BCUT2D eigenvalue weighted by Gasteiger charge is 2.28. The number of nitrogens with zero attached hydrogens (tertiary/aromatic N) is 1. The van der Waals surface area contributed by atoms with E-state index in [9.17, 15) is 14.0 Å². The monoisotopic (exact) mass is 384 g/mol. The number of ether oxygens (including phenoxy) is 2. The highest BCUT2D eigenvalue weighted by molar-refractivity contribution is 6.11. The van der Waals surface area contributed by atoms with Crippen LogP contribution in [0.4, 0.5) is 15.8 Å². The van der Waals surface area contributed by atoms with Gasteiger partial charge in [-0.05, 0) is 36.4 Å². The highest BCUT2D eigenvalue weighted by Crippen LogP contribution is 2.32. The molecule has 0 fully saturated rings. The summed E-state index contributed by atoms with van der Waals surface area (Å²) in [6.45, 7) is 0.937. The molecule has 0 aliphatic carbocycles. The van der Waals surface area contributed by atoms with Crippen LogP contribution in [0.15, 0.2) is 47.5 Å². The van der Waals surface area contributed by atoms with E-state index in [1.807, 2.05) is 0 Å². The molecule has 4 rings (SSSR count). The predicted octanol–water partition coefficient (Wildman–Crippen LogP) is 1.89. The number of halogens is 1. The van der Waals surface area contributed by atoms with Crippen molar-refractivity contribution in [2.24, 2.45) is 4.99 Å². The molecule has 0 aromatic heterocycles. The Hall–Kier alpha value is -3.62. The van der Waals surface area contributed by atoms with Gasteiger partial charge in [0.1, 0.15) is 25.1 Å². The minimum atomic E-state index is -0.847. The number of carbonyl (C=O) groups excluding carboxylic acids is 2. The van der Waals surface area contributed by atoms with Crippen LogP contribution in [0.1, 0.15) is 6.42 Å². The van der Waals surface area contributed by atoms with Crippen LogP contribution < -0.4 is 25.4 Å². The first-order valence-electron chi connectivity index (χ1n) is 8.67. The third-order valence-corrected chi connectivity index (χ3v) is 4.14. The first-order valence-corrected chi connectivity index (χ1v) is 8.67. The zero-order valence-corrected chi connectivity index (χ0v) is 14.7. The number of aliphatic imine (C=N–C) groups is 1. The predicted molar refractivity (Wildman–Crippen MR) is 100 cm³/mol. The van der Waals surface area contributed by atoms with E-state index < -0.39 is 6.04 Å². The summed E-state index contributed by atoms with van der Waals surface area (Å²) in [7, 11) is 0. The Morgan fingerprint density at radius 2 is 1.82 bits per heavy atom. The molecule has 144 valence electrons. The van der Waals surface area contributed by atoms with E-state index in [0.717, 1.165) is 0 Å². The minimum Gasteiger partial charge on any atom is -0.486 e. The topological polar surface area (TPSA) is 101 Å². The van der Waals surface area contributed by atoms with Gasteiger partial charge in [0.2, 0.25) is 11.9 Å².